The average Bonchev–Trinajstić information content (AvgIpc) is 2.62. The number of halogens is 1. The lowest BCUT2D eigenvalue weighted by Crippen LogP contribution is -2.13. The number of carbonyl (C=O) groups is 2. The maximum Gasteiger partial charge on any atom is 0.352 e. The number of aldehydes is 1. The number of aromatic nitrogens is 2. The number of nitrogens with two attached hydrogens (primary N) is 1. The Morgan fingerprint density at radius 1 is 1.23 bits per heavy atom. The first-order valence-electron chi connectivity index (χ1n) is 7.46. The van der Waals surface area contributed by atoms with Crippen LogP contribution in [0.5, 0.6) is 0 Å². The number of benzene rings is 2. The predicted octanol–water partition coefficient (Wildman–Crippen LogP) is 3.09. The summed E-state index contributed by atoms with van der Waals surface area (Å²) in [5.74, 6) is -0.934. The topological polar surface area (TPSA) is 118 Å². The van der Waals surface area contributed by atoms with Gasteiger partial charge in [0.1, 0.15) is 5.70 Å². The van der Waals surface area contributed by atoms with E-state index in [2.05, 4.69) is 31.2 Å². The molecule has 0 saturated carbocycles. The fraction of sp³-hybridized carbons (Fsp3) is 0. The minimum absolute atomic E-state index is 0.0873. The van der Waals surface area contributed by atoms with Gasteiger partial charge in [-0.05, 0) is 35.9 Å². The highest BCUT2D eigenvalue weighted by molar-refractivity contribution is 9.10. The highest BCUT2D eigenvalue weighted by atomic mass is 79.9. The van der Waals surface area contributed by atoms with E-state index in [1.165, 1.54) is 0 Å². The van der Waals surface area contributed by atoms with Gasteiger partial charge >= 0.3 is 5.97 Å². The summed E-state index contributed by atoms with van der Waals surface area (Å²) in [5.41, 5.74) is 6.74. The molecule has 0 aliphatic rings. The molecule has 0 atom stereocenters. The van der Waals surface area contributed by atoms with Gasteiger partial charge in [0.25, 0.3) is 0 Å². The number of rotatable bonds is 5. The second kappa shape index (κ2) is 7.32. The van der Waals surface area contributed by atoms with Gasteiger partial charge in [-0.15, -0.1) is 0 Å². The number of carboxylic acids is 1. The normalized spacial score (nSPS) is 11.7. The van der Waals surface area contributed by atoms with Gasteiger partial charge in [-0.3, -0.25) is 4.79 Å². The number of carbonyl (C=O) groups excluding carboxylic acids is 1. The highest BCUT2D eigenvalue weighted by Crippen LogP contribution is 2.23. The van der Waals surface area contributed by atoms with Crippen molar-refractivity contribution >= 4 is 56.3 Å². The number of nitrogens with zero attached hydrogens (tertiary/aromatic N) is 2. The summed E-state index contributed by atoms with van der Waals surface area (Å²) < 4.78 is 0.928. The van der Waals surface area contributed by atoms with E-state index < -0.39 is 11.7 Å². The molecule has 130 valence electrons. The molecule has 0 radical (unpaired) electrons. The molecule has 3 rings (SSSR count). The lowest BCUT2D eigenvalue weighted by molar-refractivity contribution is -0.132. The first-order chi connectivity index (χ1) is 12.5. The average molecular weight is 413 g/mol. The molecule has 7 nitrogen and oxygen atoms in total. The third-order valence-electron chi connectivity index (χ3n) is 3.61. The molecule has 0 fully saturated rings. The zero-order chi connectivity index (χ0) is 18.7. The molecular formula is C18H13BrN4O3. The van der Waals surface area contributed by atoms with Gasteiger partial charge in [0.2, 0.25) is 5.95 Å². The van der Waals surface area contributed by atoms with Gasteiger partial charge in [-0.25, -0.2) is 14.8 Å². The Morgan fingerprint density at radius 3 is 2.73 bits per heavy atom. The van der Waals surface area contributed by atoms with E-state index in [0.29, 0.717) is 28.7 Å². The third-order valence-corrected chi connectivity index (χ3v) is 4.10. The molecule has 0 spiro atoms. The lowest BCUT2D eigenvalue weighted by Gasteiger charge is -2.08. The molecule has 8 heteroatoms. The van der Waals surface area contributed by atoms with E-state index in [0.717, 1.165) is 10.2 Å². The molecule has 26 heavy (non-hydrogen) atoms. The van der Waals surface area contributed by atoms with Crippen LogP contribution in [0.25, 0.3) is 16.5 Å². The summed E-state index contributed by atoms with van der Waals surface area (Å²) in [7, 11) is 0. The van der Waals surface area contributed by atoms with Crippen molar-refractivity contribution in [1.29, 1.82) is 0 Å². The van der Waals surface area contributed by atoms with Gasteiger partial charge in [0, 0.05) is 21.7 Å². The van der Waals surface area contributed by atoms with Gasteiger partial charge in [-0.2, -0.15) is 0 Å². The van der Waals surface area contributed by atoms with Gasteiger partial charge in [0.15, 0.2) is 6.29 Å². The van der Waals surface area contributed by atoms with Crippen molar-refractivity contribution in [2.75, 3.05) is 5.32 Å². The van der Waals surface area contributed by atoms with Gasteiger partial charge in [0.05, 0.1) is 11.1 Å². The summed E-state index contributed by atoms with van der Waals surface area (Å²) in [6.45, 7) is 0. The zero-order valence-electron chi connectivity index (χ0n) is 13.3. The number of hydrogen-bond acceptors (Lipinski definition) is 6. The minimum atomic E-state index is -1.35. The van der Waals surface area contributed by atoms with Crippen molar-refractivity contribution in [2.45, 2.75) is 0 Å². The van der Waals surface area contributed by atoms with E-state index in [9.17, 15) is 9.59 Å². The van der Waals surface area contributed by atoms with Crippen LogP contribution in [-0.4, -0.2) is 27.3 Å². The number of hydrogen-bond donors (Lipinski definition) is 3. The summed E-state index contributed by atoms with van der Waals surface area (Å²) >= 11 is 3.40. The van der Waals surface area contributed by atoms with E-state index >= 15 is 0 Å². The Morgan fingerprint density at radius 2 is 2.04 bits per heavy atom. The Bertz CT molecular complexity index is 1050. The maximum absolute atomic E-state index is 11.2. The molecule has 0 saturated heterocycles. The van der Waals surface area contributed by atoms with Crippen molar-refractivity contribution < 1.29 is 14.7 Å². The quantitative estimate of drug-likeness (QED) is 0.435. The molecule has 0 amide bonds. The van der Waals surface area contributed by atoms with Crippen molar-refractivity contribution in [2.24, 2.45) is 5.73 Å². The van der Waals surface area contributed by atoms with Crippen LogP contribution in [0.1, 0.15) is 5.56 Å². The number of fused-ring (bicyclic) bond motifs is 1. The van der Waals surface area contributed by atoms with Crippen LogP contribution >= 0.6 is 15.9 Å². The van der Waals surface area contributed by atoms with Crippen molar-refractivity contribution in [1.82, 2.24) is 9.97 Å². The van der Waals surface area contributed by atoms with Gasteiger partial charge < -0.3 is 16.2 Å². The Hall–Kier alpha value is -3.26. The monoisotopic (exact) mass is 412 g/mol. The molecule has 0 bridgehead atoms. The number of carboxylic acid groups (broad SMARTS) is 1. The number of anilines is 2. The molecular weight excluding hydrogens is 400 g/mol. The van der Waals surface area contributed by atoms with Crippen molar-refractivity contribution in [3.63, 3.8) is 0 Å². The van der Waals surface area contributed by atoms with Crippen LogP contribution in [0.3, 0.4) is 0 Å². The summed E-state index contributed by atoms with van der Waals surface area (Å²) in [4.78, 5) is 30.9. The second-order valence-corrected chi connectivity index (χ2v) is 6.27. The zero-order valence-corrected chi connectivity index (χ0v) is 14.9. The number of nitrogens with one attached hydrogen (secondary N) is 1. The van der Waals surface area contributed by atoms with Crippen molar-refractivity contribution in [3.8, 4) is 0 Å². The molecule has 1 heterocycles. The first-order valence-corrected chi connectivity index (χ1v) is 8.25. The standard InChI is InChI=1S/C18H13BrN4O3/c19-12-2-1-3-13(7-12)22-18-21-8-11-6-10(4-5-15(11)23-18)14(9-24)16(20)17(25)26/h1-9H,20H2,(H,25,26)(H,21,22,23)/b16-14-. The van der Waals surface area contributed by atoms with Crippen LogP contribution in [0, 0.1) is 0 Å². The second-order valence-electron chi connectivity index (χ2n) is 5.35. The summed E-state index contributed by atoms with van der Waals surface area (Å²) in [6.07, 6.45) is 2.01. The molecule has 1 aromatic heterocycles. The van der Waals surface area contributed by atoms with E-state index in [1.54, 1.807) is 24.4 Å². The summed E-state index contributed by atoms with van der Waals surface area (Å²) in [6, 6.07) is 12.5. The summed E-state index contributed by atoms with van der Waals surface area (Å²) in [5, 5.41) is 12.7. The van der Waals surface area contributed by atoms with Crippen LogP contribution in [0.15, 0.2) is 58.8 Å². The minimum Gasteiger partial charge on any atom is -0.477 e. The molecule has 4 N–H and O–H groups in total. The molecule has 0 aliphatic carbocycles. The number of allylic oxidation sites excluding steroid dienone is 1. The molecule has 2 aromatic carbocycles. The smallest absolute Gasteiger partial charge is 0.352 e. The molecule has 3 aromatic rings. The Balaban J connectivity index is 1.96. The molecule has 0 aliphatic heterocycles. The fourth-order valence-corrected chi connectivity index (χ4v) is 2.76. The third kappa shape index (κ3) is 3.70. The Kier molecular flexibility index (Phi) is 4.94. The Labute approximate surface area is 156 Å². The van der Waals surface area contributed by atoms with Crippen LogP contribution in [-0.2, 0) is 9.59 Å². The van der Waals surface area contributed by atoms with Gasteiger partial charge in [-0.1, -0.05) is 28.1 Å². The van der Waals surface area contributed by atoms with Crippen LogP contribution in [0.2, 0.25) is 0 Å². The predicted molar refractivity (Wildman–Crippen MR) is 102 cm³/mol. The SMILES string of the molecule is N/C(C(=O)O)=C(/C=O)c1ccc2nc(Nc3cccc(Br)c3)ncc2c1. The van der Waals surface area contributed by atoms with E-state index in [1.807, 2.05) is 24.3 Å². The van der Waals surface area contributed by atoms with E-state index in [-0.39, 0.29) is 5.57 Å². The van der Waals surface area contributed by atoms with Crippen LogP contribution in [0.4, 0.5) is 11.6 Å². The van der Waals surface area contributed by atoms with Crippen LogP contribution < -0.4 is 11.1 Å². The van der Waals surface area contributed by atoms with E-state index in [4.69, 9.17) is 10.8 Å². The fourth-order valence-electron chi connectivity index (χ4n) is 2.36. The molecule has 0 unspecified atom stereocenters. The first kappa shape index (κ1) is 17.6. The highest BCUT2D eigenvalue weighted by Gasteiger charge is 2.13. The maximum atomic E-state index is 11.2. The lowest BCUT2D eigenvalue weighted by atomic mass is 10.0. The largest absolute Gasteiger partial charge is 0.477 e. The van der Waals surface area contributed by atoms with Crippen molar-refractivity contribution in [3.05, 3.63) is 64.4 Å². The number of aliphatic carboxylic acids is 1.